The van der Waals surface area contributed by atoms with Crippen molar-refractivity contribution in [1.82, 2.24) is 4.90 Å². The molecule has 1 fully saturated rings. The molecule has 0 spiro atoms. The van der Waals surface area contributed by atoms with Crippen LogP contribution >= 0.6 is 55.2 Å². The SMILES string of the molecule is COc1c(Br)cc(/C=C2\SC(=O)N(CCOc3ccc(Cl)cc3)C2=O)cc1Br. The maximum absolute atomic E-state index is 12.6. The first-order valence-electron chi connectivity index (χ1n) is 8.06. The highest BCUT2D eigenvalue weighted by molar-refractivity contribution is 9.11. The third kappa shape index (κ3) is 4.92. The van der Waals surface area contributed by atoms with Crippen molar-refractivity contribution in [3.63, 3.8) is 0 Å². The Morgan fingerprint density at radius 2 is 1.79 bits per heavy atom. The van der Waals surface area contributed by atoms with Gasteiger partial charge in [0.2, 0.25) is 0 Å². The minimum atomic E-state index is -0.335. The van der Waals surface area contributed by atoms with Crippen molar-refractivity contribution < 1.29 is 19.1 Å². The van der Waals surface area contributed by atoms with Crippen LogP contribution in [0.15, 0.2) is 50.2 Å². The molecule has 0 atom stereocenters. The second-order valence-electron chi connectivity index (χ2n) is 5.65. The molecule has 0 unspecified atom stereocenters. The molecule has 1 aliphatic rings. The van der Waals surface area contributed by atoms with Gasteiger partial charge in [-0.3, -0.25) is 14.5 Å². The number of methoxy groups -OCH3 is 1. The number of nitrogens with zero attached hydrogens (tertiary/aromatic N) is 1. The van der Waals surface area contributed by atoms with Gasteiger partial charge in [0, 0.05) is 5.02 Å². The Bertz CT molecular complexity index is 926. The van der Waals surface area contributed by atoms with Gasteiger partial charge in [-0.25, -0.2) is 0 Å². The molecule has 2 aromatic carbocycles. The standard InChI is InChI=1S/C19H14Br2ClNO4S/c1-26-17-14(20)8-11(9-15(17)21)10-16-18(24)23(19(25)28-16)6-7-27-13-4-2-12(22)3-5-13/h2-5,8-10H,6-7H2,1H3/b16-10-. The lowest BCUT2D eigenvalue weighted by molar-refractivity contribution is -0.123. The summed E-state index contributed by atoms with van der Waals surface area (Å²) in [7, 11) is 1.57. The number of thioether (sulfide) groups is 1. The normalized spacial score (nSPS) is 15.4. The van der Waals surface area contributed by atoms with Gasteiger partial charge < -0.3 is 9.47 Å². The van der Waals surface area contributed by atoms with E-state index in [1.807, 2.05) is 12.1 Å². The van der Waals surface area contributed by atoms with Crippen LogP contribution in [0, 0.1) is 0 Å². The summed E-state index contributed by atoms with van der Waals surface area (Å²) in [6, 6.07) is 10.5. The van der Waals surface area contributed by atoms with Crippen LogP contribution in [-0.2, 0) is 4.79 Å². The Balaban J connectivity index is 1.67. The molecule has 5 nitrogen and oxygen atoms in total. The number of ether oxygens (including phenoxy) is 2. The number of benzene rings is 2. The third-order valence-corrected chi connectivity index (χ3v) is 6.13. The molecule has 0 saturated carbocycles. The Kier molecular flexibility index (Phi) is 7.09. The van der Waals surface area contributed by atoms with Gasteiger partial charge in [-0.15, -0.1) is 0 Å². The van der Waals surface area contributed by atoms with E-state index in [0.717, 1.165) is 26.3 Å². The Hall–Kier alpha value is -1.48. The van der Waals surface area contributed by atoms with E-state index >= 15 is 0 Å². The molecule has 0 N–H and O–H groups in total. The van der Waals surface area contributed by atoms with E-state index in [0.29, 0.717) is 21.4 Å². The second kappa shape index (κ2) is 9.35. The summed E-state index contributed by atoms with van der Waals surface area (Å²) >= 11 is 13.6. The predicted molar refractivity (Wildman–Crippen MR) is 118 cm³/mol. The van der Waals surface area contributed by atoms with Gasteiger partial charge in [0.05, 0.1) is 27.5 Å². The molecule has 1 heterocycles. The number of hydrogen-bond donors (Lipinski definition) is 0. The van der Waals surface area contributed by atoms with Crippen molar-refractivity contribution in [2.45, 2.75) is 0 Å². The van der Waals surface area contributed by atoms with Crippen LogP contribution in [-0.4, -0.2) is 36.3 Å². The van der Waals surface area contributed by atoms with Crippen LogP contribution in [0.4, 0.5) is 4.79 Å². The maximum Gasteiger partial charge on any atom is 0.293 e. The largest absolute Gasteiger partial charge is 0.494 e. The van der Waals surface area contributed by atoms with Crippen LogP contribution < -0.4 is 9.47 Å². The Labute approximate surface area is 188 Å². The van der Waals surface area contributed by atoms with Gasteiger partial charge in [-0.1, -0.05) is 11.6 Å². The number of amides is 2. The smallest absolute Gasteiger partial charge is 0.293 e. The first-order chi connectivity index (χ1) is 13.4. The van der Waals surface area contributed by atoms with E-state index in [4.69, 9.17) is 21.1 Å². The first-order valence-corrected chi connectivity index (χ1v) is 10.8. The van der Waals surface area contributed by atoms with Crippen molar-refractivity contribution in [2.75, 3.05) is 20.3 Å². The number of carbonyl (C=O) groups is 2. The zero-order valence-electron chi connectivity index (χ0n) is 14.6. The summed E-state index contributed by atoms with van der Waals surface area (Å²) in [5.74, 6) is 0.946. The molecule has 0 bridgehead atoms. The molecule has 3 rings (SSSR count). The average molecular weight is 548 g/mol. The second-order valence-corrected chi connectivity index (χ2v) is 8.79. The molecule has 9 heteroatoms. The summed E-state index contributed by atoms with van der Waals surface area (Å²) in [6.07, 6.45) is 1.68. The van der Waals surface area contributed by atoms with E-state index in [9.17, 15) is 9.59 Å². The molecule has 1 saturated heterocycles. The molecule has 0 aromatic heterocycles. The molecule has 1 aliphatic heterocycles. The Morgan fingerprint density at radius 3 is 2.39 bits per heavy atom. The van der Waals surface area contributed by atoms with Gasteiger partial charge >= 0.3 is 0 Å². The van der Waals surface area contributed by atoms with Gasteiger partial charge in [-0.05, 0) is 91.7 Å². The highest BCUT2D eigenvalue weighted by Gasteiger charge is 2.34. The summed E-state index contributed by atoms with van der Waals surface area (Å²) in [6.45, 7) is 0.368. The number of carbonyl (C=O) groups excluding carboxylic acids is 2. The van der Waals surface area contributed by atoms with Crippen molar-refractivity contribution >= 4 is 72.4 Å². The zero-order valence-corrected chi connectivity index (χ0v) is 19.3. The summed E-state index contributed by atoms with van der Waals surface area (Å²) < 4.78 is 12.3. The number of halogens is 3. The first kappa shape index (κ1) is 21.2. The summed E-state index contributed by atoms with van der Waals surface area (Å²) in [5, 5.41) is 0.294. The predicted octanol–water partition coefficient (Wildman–Crippen LogP) is 5.99. The molecule has 0 radical (unpaired) electrons. The minimum Gasteiger partial charge on any atom is -0.494 e. The molecule has 28 heavy (non-hydrogen) atoms. The lowest BCUT2D eigenvalue weighted by Crippen LogP contribution is -2.32. The van der Waals surface area contributed by atoms with Crippen LogP contribution in [0.3, 0.4) is 0 Å². The van der Waals surface area contributed by atoms with E-state index in [1.165, 1.54) is 4.90 Å². The molecule has 2 amide bonds. The van der Waals surface area contributed by atoms with E-state index < -0.39 is 0 Å². The third-order valence-electron chi connectivity index (χ3n) is 3.79. The highest BCUT2D eigenvalue weighted by atomic mass is 79.9. The average Bonchev–Trinajstić information content (AvgIpc) is 2.90. The van der Waals surface area contributed by atoms with Crippen molar-refractivity contribution in [2.24, 2.45) is 0 Å². The van der Waals surface area contributed by atoms with E-state index in [2.05, 4.69) is 31.9 Å². The van der Waals surface area contributed by atoms with Crippen LogP contribution in [0.1, 0.15) is 5.56 Å². The van der Waals surface area contributed by atoms with Crippen LogP contribution in [0.25, 0.3) is 6.08 Å². The Morgan fingerprint density at radius 1 is 1.14 bits per heavy atom. The monoisotopic (exact) mass is 545 g/mol. The molecule has 2 aromatic rings. The van der Waals surface area contributed by atoms with Crippen molar-refractivity contribution in [3.8, 4) is 11.5 Å². The number of rotatable bonds is 6. The lowest BCUT2D eigenvalue weighted by atomic mass is 10.2. The highest BCUT2D eigenvalue weighted by Crippen LogP contribution is 2.37. The van der Waals surface area contributed by atoms with Gasteiger partial charge in [0.15, 0.2) is 0 Å². The quantitative estimate of drug-likeness (QED) is 0.416. The molecular weight excluding hydrogens is 534 g/mol. The fraction of sp³-hybridized carbons (Fsp3) is 0.158. The number of imide groups is 1. The van der Waals surface area contributed by atoms with Crippen molar-refractivity contribution in [1.29, 1.82) is 0 Å². The van der Waals surface area contributed by atoms with Gasteiger partial charge in [0.1, 0.15) is 18.1 Å². The summed E-state index contributed by atoms with van der Waals surface area (Å²) in [4.78, 5) is 26.4. The lowest BCUT2D eigenvalue weighted by Gasteiger charge is -2.13. The zero-order chi connectivity index (χ0) is 20.3. The summed E-state index contributed by atoms with van der Waals surface area (Å²) in [5.41, 5.74) is 0.766. The maximum atomic E-state index is 12.6. The molecule has 146 valence electrons. The fourth-order valence-electron chi connectivity index (χ4n) is 2.49. The topological polar surface area (TPSA) is 55.8 Å². The van der Waals surface area contributed by atoms with Crippen molar-refractivity contribution in [3.05, 3.63) is 60.8 Å². The van der Waals surface area contributed by atoms with Gasteiger partial charge in [0.25, 0.3) is 11.1 Å². The van der Waals surface area contributed by atoms with E-state index in [1.54, 1.807) is 37.5 Å². The molecular formula is C19H14Br2ClNO4S. The van der Waals surface area contributed by atoms with E-state index in [-0.39, 0.29) is 24.3 Å². The van der Waals surface area contributed by atoms with Crippen LogP contribution in [0.5, 0.6) is 11.5 Å². The molecule has 0 aliphatic carbocycles. The fourth-order valence-corrected chi connectivity index (χ4v) is 5.02. The van der Waals surface area contributed by atoms with Crippen LogP contribution in [0.2, 0.25) is 5.02 Å². The number of hydrogen-bond acceptors (Lipinski definition) is 5. The van der Waals surface area contributed by atoms with Gasteiger partial charge in [-0.2, -0.15) is 0 Å². The minimum absolute atomic E-state index is 0.167.